The first-order valence-electron chi connectivity index (χ1n) is 11.9. The number of dihydropyridines is 1. The first kappa shape index (κ1) is 25.1. The first-order valence-corrected chi connectivity index (χ1v) is 13.3. The number of amides is 1. The molecule has 0 radical (unpaired) electrons. The van der Waals surface area contributed by atoms with E-state index >= 15 is 0 Å². The summed E-state index contributed by atoms with van der Waals surface area (Å²) in [5, 5.41) is 18.6. The molecular weight excluding hydrogens is 504 g/mol. The van der Waals surface area contributed by atoms with Crippen molar-refractivity contribution in [3.63, 3.8) is 0 Å². The summed E-state index contributed by atoms with van der Waals surface area (Å²) >= 11 is 7.38. The summed E-state index contributed by atoms with van der Waals surface area (Å²) in [4.78, 5) is 30.6. The number of Topliss-reactive ketones (excluding diaryl/α,β-unsaturated/α-hetero) is 1. The van der Waals surface area contributed by atoms with Crippen LogP contribution in [-0.4, -0.2) is 22.4 Å². The Morgan fingerprint density at radius 1 is 1.19 bits per heavy atom. The molecule has 1 aliphatic carbocycles. The van der Waals surface area contributed by atoms with Gasteiger partial charge in [-0.2, -0.15) is 5.26 Å². The van der Waals surface area contributed by atoms with E-state index in [9.17, 15) is 14.9 Å². The zero-order valence-electron chi connectivity index (χ0n) is 20.5. The molecule has 8 heteroatoms. The largest absolute Gasteiger partial charge is 0.352 e. The number of hydrogen-bond acceptors (Lipinski definition) is 6. The van der Waals surface area contributed by atoms with Crippen LogP contribution in [0.5, 0.6) is 0 Å². The van der Waals surface area contributed by atoms with E-state index in [0.29, 0.717) is 39.7 Å². The number of nitrogens with one attached hydrogen (secondary N) is 2. The van der Waals surface area contributed by atoms with E-state index in [-0.39, 0.29) is 22.9 Å². The van der Waals surface area contributed by atoms with Crippen molar-refractivity contribution in [2.24, 2.45) is 5.41 Å². The van der Waals surface area contributed by atoms with E-state index < -0.39 is 5.92 Å². The lowest BCUT2D eigenvalue weighted by Crippen LogP contribution is -2.37. The van der Waals surface area contributed by atoms with Crippen LogP contribution in [0.15, 0.2) is 82.7 Å². The van der Waals surface area contributed by atoms with Gasteiger partial charge in [0.05, 0.1) is 39.5 Å². The summed E-state index contributed by atoms with van der Waals surface area (Å²) in [7, 11) is 0. The highest BCUT2D eigenvalue weighted by molar-refractivity contribution is 8.03. The van der Waals surface area contributed by atoms with Crippen molar-refractivity contribution < 1.29 is 9.59 Å². The second-order valence-electron chi connectivity index (χ2n) is 10.0. The van der Waals surface area contributed by atoms with Crippen molar-refractivity contribution in [3.8, 4) is 6.07 Å². The van der Waals surface area contributed by atoms with Crippen molar-refractivity contribution in [3.05, 3.63) is 93.3 Å². The van der Waals surface area contributed by atoms with Gasteiger partial charge >= 0.3 is 0 Å². The van der Waals surface area contributed by atoms with Crippen LogP contribution in [-0.2, 0) is 9.59 Å². The molecule has 1 unspecified atom stereocenters. The van der Waals surface area contributed by atoms with Gasteiger partial charge in [0.1, 0.15) is 0 Å². The van der Waals surface area contributed by atoms with Crippen LogP contribution in [0.2, 0.25) is 5.02 Å². The Morgan fingerprint density at radius 3 is 2.70 bits per heavy atom. The molecule has 2 aromatic carbocycles. The predicted molar refractivity (Wildman–Crippen MR) is 148 cm³/mol. The van der Waals surface area contributed by atoms with Gasteiger partial charge in [-0.15, -0.1) is 0 Å². The summed E-state index contributed by atoms with van der Waals surface area (Å²) in [5.74, 6) is -0.589. The number of benzene rings is 2. The van der Waals surface area contributed by atoms with Gasteiger partial charge in [-0.05, 0) is 41.7 Å². The normalized spacial score (nSPS) is 18.8. The highest BCUT2D eigenvalue weighted by Gasteiger charge is 2.41. The number of carbonyl (C=O) groups is 2. The van der Waals surface area contributed by atoms with E-state index in [1.807, 2.05) is 42.5 Å². The second-order valence-corrected chi connectivity index (χ2v) is 11.4. The third-order valence-electron chi connectivity index (χ3n) is 6.58. The number of pyridine rings is 1. The maximum absolute atomic E-state index is 13.3. The number of allylic oxidation sites excluding steroid dienone is 3. The zero-order valence-corrected chi connectivity index (χ0v) is 22.0. The number of rotatable bonds is 5. The second kappa shape index (κ2) is 10.0. The molecule has 6 nitrogen and oxygen atoms in total. The van der Waals surface area contributed by atoms with Crippen molar-refractivity contribution in [1.82, 2.24) is 10.3 Å². The quantitative estimate of drug-likeness (QED) is 0.402. The highest BCUT2D eigenvalue weighted by Crippen LogP contribution is 2.48. The van der Waals surface area contributed by atoms with E-state index in [1.165, 1.54) is 11.8 Å². The van der Waals surface area contributed by atoms with Gasteiger partial charge in [0.25, 0.3) is 0 Å². The minimum absolute atomic E-state index is 0.0386. The lowest BCUT2D eigenvalue weighted by Gasteiger charge is -2.39. The number of hydrogen-bond donors (Lipinski definition) is 2. The minimum atomic E-state index is -0.505. The fourth-order valence-corrected chi connectivity index (χ4v) is 6.00. The van der Waals surface area contributed by atoms with Gasteiger partial charge in [-0.1, -0.05) is 67.5 Å². The van der Waals surface area contributed by atoms with E-state index in [4.69, 9.17) is 11.6 Å². The lowest BCUT2D eigenvalue weighted by atomic mass is 9.69. The van der Waals surface area contributed by atoms with Gasteiger partial charge in [-0.3, -0.25) is 14.6 Å². The Morgan fingerprint density at radius 2 is 1.95 bits per heavy atom. The first-order chi connectivity index (χ1) is 17.8. The van der Waals surface area contributed by atoms with Crippen molar-refractivity contribution in [2.75, 3.05) is 11.1 Å². The molecule has 5 rings (SSSR count). The van der Waals surface area contributed by atoms with Crippen molar-refractivity contribution in [1.29, 1.82) is 5.26 Å². The minimum Gasteiger partial charge on any atom is -0.352 e. The van der Waals surface area contributed by atoms with Gasteiger partial charge < -0.3 is 10.6 Å². The molecule has 0 spiro atoms. The molecule has 0 saturated heterocycles. The Labute approximate surface area is 224 Å². The molecule has 0 bridgehead atoms. The molecule has 186 valence electrons. The third kappa shape index (κ3) is 5.13. The van der Waals surface area contributed by atoms with Gasteiger partial charge in [0.15, 0.2) is 5.78 Å². The Hall–Kier alpha value is -3.60. The van der Waals surface area contributed by atoms with Crippen LogP contribution >= 0.6 is 23.4 Å². The third-order valence-corrected chi connectivity index (χ3v) is 7.85. The topological polar surface area (TPSA) is 94.9 Å². The number of para-hydroxylation sites is 1. The SMILES string of the molecule is CC1(C)CC(=O)C2=C(C1)NC(SCC(=O)Nc1cccc3cccnc13)=C(C#N)C2c1ccc(Cl)cc1. The zero-order chi connectivity index (χ0) is 26.2. The van der Waals surface area contributed by atoms with Crippen LogP contribution in [0.1, 0.15) is 38.2 Å². The molecule has 0 saturated carbocycles. The fourth-order valence-electron chi connectivity index (χ4n) is 5.01. The van der Waals surface area contributed by atoms with Gasteiger partial charge in [0.2, 0.25) is 5.91 Å². The Balaban J connectivity index is 1.44. The van der Waals surface area contributed by atoms with Crippen LogP contribution in [0.4, 0.5) is 5.69 Å². The van der Waals surface area contributed by atoms with Crippen molar-refractivity contribution >= 4 is 51.6 Å². The molecule has 1 aromatic heterocycles. The predicted octanol–water partition coefficient (Wildman–Crippen LogP) is 6.33. The number of fused-ring (bicyclic) bond motifs is 1. The van der Waals surface area contributed by atoms with Gasteiger partial charge in [0, 0.05) is 34.3 Å². The Kier molecular flexibility index (Phi) is 6.80. The summed E-state index contributed by atoms with van der Waals surface area (Å²) < 4.78 is 0. The molecule has 2 N–H and O–H groups in total. The molecule has 37 heavy (non-hydrogen) atoms. The molecule has 0 fully saturated rings. The average molecular weight is 529 g/mol. The van der Waals surface area contributed by atoms with E-state index in [0.717, 1.165) is 22.2 Å². The number of thioether (sulfide) groups is 1. The molecule has 2 heterocycles. The number of anilines is 1. The van der Waals surface area contributed by atoms with Crippen LogP contribution in [0.3, 0.4) is 0 Å². The summed E-state index contributed by atoms with van der Waals surface area (Å²) in [6.45, 7) is 4.13. The molecule has 3 aromatic rings. The molecule has 1 amide bonds. The van der Waals surface area contributed by atoms with Crippen molar-refractivity contribution in [2.45, 2.75) is 32.6 Å². The van der Waals surface area contributed by atoms with E-state index in [1.54, 1.807) is 18.3 Å². The standard InChI is InChI=1S/C29H25ClN4O2S/c1-29(2)13-22-26(23(35)14-29)25(17-8-10-19(30)11-9-17)20(15-31)28(34-22)37-16-24(36)33-21-7-3-5-18-6-4-12-32-27(18)21/h3-12,25,34H,13-14,16H2,1-2H3,(H,33,36). The summed E-state index contributed by atoms with van der Waals surface area (Å²) in [5.41, 5.74) is 3.86. The van der Waals surface area contributed by atoms with E-state index in [2.05, 4.69) is 35.5 Å². The number of nitriles is 1. The summed E-state index contributed by atoms with van der Waals surface area (Å²) in [6.07, 6.45) is 2.78. The number of ketones is 1. The molecular formula is C29H25ClN4O2S. The monoisotopic (exact) mass is 528 g/mol. The number of aromatic nitrogens is 1. The smallest absolute Gasteiger partial charge is 0.234 e. The summed E-state index contributed by atoms with van der Waals surface area (Å²) in [6, 6.07) is 19.0. The number of halogens is 1. The average Bonchev–Trinajstić information content (AvgIpc) is 2.86. The fraction of sp³-hybridized carbons (Fsp3) is 0.241. The van der Waals surface area contributed by atoms with Crippen LogP contribution < -0.4 is 10.6 Å². The van der Waals surface area contributed by atoms with Crippen LogP contribution in [0, 0.1) is 16.7 Å². The number of nitrogens with zero attached hydrogens (tertiary/aromatic N) is 2. The maximum Gasteiger partial charge on any atom is 0.234 e. The van der Waals surface area contributed by atoms with Crippen LogP contribution in [0.25, 0.3) is 10.9 Å². The molecule has 1 aliphatic heterocycles. The highest BCUT2D eigenvalue weighted by atomic mass is 35.5. The van der Waals surface area contributed by atoms with Gasteiger partial charge in [-0.25, -0.2) is 0 Å². The maximum atomic E-state index is 13.3. The Bertz CT molecular complexity index is 1510. The molecule has 1 atom stereocenters. The lowest BCUT2D eigenvalue weighted by molar-refractivity contribution is -0.118. The number of carbonyl (C=O) groups excluding carboxylic acids is 2. The molecule has 2 aliphatic rings.